The first-order valence-corrected chi connectivity index (χ1v) is 5.29. The Morgan fingerprint density at radius 3 is 2.09 bits per heavy atom. The number of rotatable bonds is 1. The van der Waals surface area contributed by atoms with Crippen LogP contribution >= 0.6 is 0 Å². The Balaban J connectivity index is 2.75. The SMILES string of the molecule is CN(C)[C@H]1CS(=O)(=O)C[C@H]1O. The zero-order valence-corrected chi connectivity index (χ0v) is 7.50. The van der Waals surface area contributed by atoms with Crippen LogP contribution in [-0.4, -0.2) is 56.2 Å². The summed E-state index contributed by atoms with van der Waals surface area (Å²) in [6.07, 6.45) is -0.713. The van der Waals surface area contributed by atoms with E-state index >= 15 is 0 Å². The maximum Gasteiger partial charge on any atom is 0.154 e. The molecule has 0 radical (unpaired) electrons. The summed E-state index contributed by atoms with van der Waals surface area (Å²) in [5.74, 6) is -0.00296. The van der Waals surface area contributed by atoms with Gasteiger partial charge in [0.2, 0.25) is 0 Å². The Bertz CT molecular complexity index is 234. The van der Waals surface area contributed by atoms with E-state index in [2.05, 4.69) is 0 Å². The lowest BCUT2D eigenvalue weighted by Gasteiger charge is -2.20. The topological polar surface area (TPSA) is 57.6 Å². The van der Waals surface area contributed by atoms with Crippen LogP contribution in [0.1, 0.15) is 0 Å². The van der Waals surface area contributed by atoms with Gasteiger partial charge >= 0.3 is 0 Å². The third kappa shape index (κ3) is 1.91. The second kappa shape index (κ2) is 2.73. The largest absolute Gasteiger partial charge is 0.390 e. The number of aliphatic hydroxyl groups excluding tert-OH is 1. The molecule has 0 amide bonds. The molecule has 11 heavy (non-hydrogen) atoms. The van der Waals surface area contributed by atoms with Gasteiger partial charge in [-0.05, 0) is 14.1 Å². The van der Waals surface area contributed by atoms with Crippen LogP contribution in [0.15, 0.2) is 0 Å². The summed E-state index contributed by atoms with van der Waals surface area (Å²) in [4.78, 5) is 1.75. The summed E-state index contributed by atoms with van der Waals surface area (Å²) in [7, 11) is 0.564. The van der Waals surface area contributed by atoms with Crippen molar-refractivity contribution in [3.05, 3.63) is 0 Å². The fraction of sp³-hybridized carbons (Fsp3) is 1.00. The summed E-state index contributed by atoms with van der Waals surface area (Å²) in [6.45, 7) is 0. The van der Waals surface area contributed by atoms with Crippen molar-refractivity contribution >= 4 is 9.84 Å². The van der Waals surface area contributed by atoms with Gasteiger partial charge in [-0.2, -0.15) is 0 Å². The molecule has 4 nitrogen and oxygen atoms in total. The Kier molecular flexibility index (Phi) is 2.22. The summed E-state index contributed by atoms with van der Waals surface area (Å²) >= 11 is 0. The van der Waals surface area contributed by atoms with Crippen molar-refractivity contribution in [2.45, 2.75) is 12.1 Å². The number of sulfone groups is 1. The highest BCUT2D eigenvalue weighted by Crippen LogP contribution is 2.15. The quantitative estimate of drug-likeness (QED) is 0.544. The van der Waals surface area contributed by atoms with E-state index < -0.39 is 15.9 Å². The molecule has 1 fully saturated rings. The molecule has 1 N–H and O–H groups in total. The zero-order chi connectivity index (χ0) is 8.65. The monoisotopic (exact) mass is 179 g/mol. The molecule has 0 aromatic carbocycles. The van der Waals surface area contributed by atoms with Gasteiger partial charge in [0.1, 0.15) is 0 Å². The van der Waals surface area contributed by atoms with E-state index in [9.17, 15) is 13.5 Å². The number of nitrogens with zero attached hydrogens (tertiary/aromatic N) is 1. The molecule has 2 atom stereocenters. The first kappa shape index (κ1) is 8.96. The van der Waals surface area contributed by atoms with Crippen LogP contribution in [0.25, 0.3) is 0 Å². The molecule has 0 aromatic heterocycles. The first-order valence-electron chi connectivity index (χ1n) is 3.47. The second-order valence-electron chi connectivity index (χ2n) is 3.18. The molecule has 0 bridgehead atoms. The number of likely N-dealkylation sites (N-methyl/N-ethyl adjacent to an activating group) is 1. The minimum atomic E-state index is -2.98. The number of aliphatic hydroxyl groups is 1. The Morgan fingerprint density at radius 1 is 1.36 bits per heavy atom. The Morgan fingerprint density at radius 2 is 1.91 bits per heavy atom. The molecular formula is C6H13NO3S. The van der Waals surface area contributed by atoms with Crippen molar-refractivity contribution in [3.63, 3.8) is 0 Å². The molecule has 1 aliphatic rings. The molecule has 0 spiro atoms. The lowest BCUT2D eigenvalue weighted by molar-refractivity contribution is 0.115. The number of hydrogen-bond acceptors (Lipinski definition) is 4. The molecule has 1 saturated heterocycles. The lowest BCUT2D eigenvalue weighted by Crippen LogP contribution is -2.37. The van der Waals surface area contributed by atoms with E-state index in [1.165, 1.54) is 0 Å². The molecule has 0 aromatic rings. The van der Waals surface area contributed by atoms with E-state index in [0.717, 1.165) is 0 Å². The van der Waals surface area contributed by atoms with E-state index in [1.54, 1.807) is 19.0 Å². The summed E-state index contributed by atoms with van der Waals surface area (Å²) < 4.78 is 21.9. The molecule has 1 aliphatic heterocycles. The van der Waals surface area contributed by atoms with Crippen LogP contribution < -0.4 is 0 Å². The molecule has 66 valence electrons. The Labute approximate surface area is 66.7 Å². The van der Waals surface area contributed by atoms with Gasteiger partial charge in [-0.15, -0.1) is 0 Å². The van der Waals surface area contributed by atoms with Crippen LogP contribution in [0.2, 0.25) is 0 Å². The molecule has 1 heterocycles. The zero-order valence-electron chi connectivity index (χ0n) is 6.69. The number of hydrogen-bond donors (Lipinski definition) is 1. The minimum Gasteiger partial charge on any atom is -0.390 e. The third-order valence-corrected chi connectivity index (χ3v) is 3.66. The van der Waals surface area contributed by atoms with Crippen molar-refractivity contribution in [2.75, 3.05) is 25.6 Å². The predicted octanol–water partition coefficient (Wildman–Crippen LogP) is -1.29. The summed E-state index contributed by atoms with van der Waals surface area (Å²) in [5, 5.41) is 9.27. The van der Waals surface area contributed by atoms with Gasteiger partial charge in [-0.1, -0.05) is 0 Å². The Hall–Kier alpha value is -0.130. The lowest BCUT2D eigenvalue weighted by atomic mass is 10.2. The highest BCUT2D eigenvalue weighted by Gasteiger charge is 2.37. The molecule has 0 aliphatic carbocycles. The molecular weight excluding hydrogens is 166 g/mol. The van der Waals surface area contributed by atoms with Gasteiger partial charge in [0.25, 0.3) is 0 Å². The van der Waals surface area contributed by atoms with Crippen molar-refractivity contribution in [1.29, 1.82) is 0 Å². The third-order valence-electron chi connectivity index (χ3n) is 1.96. The minimum absolute atomic E-state index is 0.0845. The van der Waals surface area contributed by atoms with E-state index in [-0.39, 0.29) is 17.5 Å². The average molecular weight is 179 g/mol. The standard InChI is InChI=1S/C6H13NO3S/c1-7(2)5-3-11(9,10)4-6(5)8/h5-6,8H,3-4H2,1-2H3/t5-,6+/m0/s1. The van der Waals surface area contributed by atoms with Crippen LogP contribution in [-0.2, 0) is 9.84 Å². The average Bonchev–Trinajstić information content (AvgIpc) is 2.05. The smallest absolute Gasteiger partial charge is 0.154 e. The fourth-order valence-corrected chi connectivity index (χ4v) is 3.22. The van der Waals surface area contributed by atoms with Crippen molar-refractivity contribution in [2.24, 2.45) is 0 Å². The maximum atomic E-state index is 11.0. The van der Waals surface area contributed by atoms with Crippen LogP contribution in [0, 0.1) is 0 Å². The van der Waals surface area contributed by atoms with Crippen LogP contribution in [0.4, 0.5) is 0 Å². The normalized spacial score (nSPS) is 36.4. The molecule has 0 saturated carbocycles. The van der Waals surface area contributed by atoms with E-state index in [1.807, 2.05) is 0 Å². The van der Waals surface area contributed by atoms with Gasteiger partial charge in [0.05, 0.1) is 17.6 Å². The predicted molar refractivity (Wildman–Crippen MR) is 42.1 cm³/mol. The fourth-order valence-electron chi connectivity index (χ4n) is 1.30. The van der Waals surface area contributed by atoms with Crippen LogP contribution in [0.3, 0.4) is 0 Å². The van der Waals surface area contributed by atoms with Crippen molar-refractivity contribution < 1.29 is 13.5 Å². The molecule has 1 rings (SSSR count). The molecule has 0 unspecified atom stereocenters. The van der Waals surface area contributed by atoms with E-state index in [4.69, 9.17) is 0 Å². The first-order chi connectivity index (χ1) is 4.92. The van der Waals surface area contributed by atoms with Crippen molar-refractivity contribution in [3.8, 4) is 0 Å². The van der Waals surface area contributed by atoms with Gasteiger partial charge in [-0.25, -0.2) is 8.42 Å². The maximum absolute atomic E-state index is 11.0. The van der Waals surface area contributed by atoms with E-state index in [0.29, 0.717) is 0 Å². The van der Waals surface area contributed by atoms with Gasteiger partial charge in [0.15, 0.2) is 9.84 Å². The van der Waals surface area contributed by atoms with Gasteiger partial charge in [0, 0.05) is 6.04 Å². The van der Waals surface area contributed by atoms with Gasteiger partial charge in [-0.3, -0.25) is 0 Å². The molecule has 5 heteroatoms. The highest BCUT2D eigenvalue weighted by molar-refractivity contribution is 7.91. The van der Waals surface area contributed by atoms with Gasteiger partial charge < -0.3 is 10.0 Å². The second-order valence-corrected chi connectivity index (χ2v) is 5.33. The van der Waals surface area contributed by atoms with Crippen LogP contribution in [0.5, 0.6) is 0 Å². The highest BCUT2D eigenvalue weighted by atomic mass is 32.2. The summed E-state index contributed by atoms with van der Waals surface area (Å²) in [6, 6.07) is -0.222. The van der Waals surface area contributed by atoms with Crippen molar-refractivity contribution in [1.82, 2.24) is 4.90 Å². The summed E-state index contributed by atoms with van der Waals surface area (Å²) in [5.41, 5.74) is 0.